The first-order valence-electron chi connectivity index (χ1n) is 6.93. The summed E-state index contributed by atoms with van der Waals surface area (Å²) in [6.45, 7) is 4.47. The highest BCUT2D eigenvalue weighted by atomic mass is 16.4. The first kappa shape index (κ1) is 15.0. The van der Waals surface area contributed by atoms with Crippen LogP contribution in [0.4, 0.5) is 5.82 Å². The number of nitrogen functional groups attached to an aromatic ring is 1. The highest BCUT2D eigenvalue weighted by Gasteiger charge is 2.14. The first-order chi connectivity index (χ1) is 9.97. The highest BCUT2D eigenvalue weighted by molar-refractivity contribution is 5.66. The summed E-state index contributed by atoms with van der Waals surface area (Å²) in [7, 11) is 0. The van der Waals surface area contributed by atoms with Gasteiger partial charge in [-0.3, -0.25) is 10.5 Å². The molecule has 0 aliphatic rings. The van der Waals surface area contributed by atoms with E-state index >= 15 is 0 Å². The quantitative estimate of drug-likeness (QED) is 0.825. The van der Waals surface area contributed by atoms with E-state index in [-0.39, 0.29) is 6.42 Å². The second-order valence-electron chi connectivity index (χ2n) is 5.18. The lowest BCUT2D eigenvalue weighted by Gasteiger charge is -2.07. The van der Waals surface area contributed by atoms with E-state index in [0.29, 0.717) is 18.8 Å². The average Bonchev–Trinajstić information content (AvgIpc) is 2.43. The van der Waals surface area contributed by atoms with E-state index in [2.05, 4.69) is 5.10 Å². The Hall–Kier alpha value is -2.43. The van der Waals surface area contributed by atoms with Crippen LogP contribution in [-0.2, 0) is 11.3 Å². The molecule has 5 heteroatoms. The van der Waals surface area contributed by atoms with Gasteiger partial charge in [0.1, 0.15) is 12.2 Å². The Morgan fingerprint density at radius 2 is 1.95 bits per heavy atom. The third-order valence-electron chi connectivity index (χ3n) is 3.37. The number of aryl methyl sites for hydroxylation is 3. The summed E-state index contributed by atoms with van der Waals surface area (Å²) < 4.78 is 1.69. The van der Waals surface area contributed by atoms with E-state index in [1.54, 1.807) is 4.68 Å². The van der Waals surface area contributed by atoms with Crippen LogP contribution >= 0.6 is 0 Å². The van der Waals surface area contributed by atoms with E-state index in [1.807, 2.05) is 44.2 Å². The predicted octanol–water partition coefficient (Wildman–Crippen LogP) is 2.10. The molecular formula is C16H20N3O2+. The fraction of sp³-hybridized carbons (Fsp3) is 0.312. The molecule has 2 aromatic rings. The summed E-state index contributed by atoms with van der Waals surface area (Å²) >= 11 is 0. The Balaban J connectivity index is 2.29. The van der Waals surface area contributed by atoms with E-state index < -0.39 is 5.97 Å². The van der Waals surface area contributed by atoms with Crippen LogP contribution in [0, 0.1) is 13.8 Å². The zero-order valence-corrected chi connectivity index (χ0v) is 12.3. The zero-order valence-electron chi connectivity index (χ0n) is 12.3. The zero-order chi connectivity index (χ0) is 15.4. The van der Waals surface area contributed by atoms with Crippen molar-refractivity contribution < 1.29 is 14.6 Å². The number of nitrogens with zero attached hydrogens (tertiary/aromatic N) is 2. The summed E-state index contributed by atoms with van der Waals surface area (Å²) in [4.78, 5) is 10.6. The Morgan fingerprint density at radius 1 is 1.29 bits per heavy atom. The van der Waals surface area contributed by atoms with Crippen molar-refractivity contribution in [3.05, 3.63) is 41.5 Å². The number of benzene rings is 1. The fourth-order valence-corrected chi connectivity index (χ4v) is 2.11. The molecule has 0 atom stereocenters. The average molecular weight is 286 g/mol. The summed E-state index contributed by atoms with van der Waals surface area (Å²) in [5, 5.41) is 13.2. The van der Waals surface area contributed by atoms with Gasteiger partial charge in [-0.1, -0.05) is 34.9 Å². The summed E-state index contributed by atoms with van der Waals surface area (Å²) in [6, 6.07) is 10.1. The molecular weight excluding hydrogens is 266 g/mol. The minimum absolute atomic E-state index is 0.113. The Labute approximate surface area is 124 Å². The van der Waals surface area contributed by atoms with Gasteiger partial charge in [0.15, 0.2) is 0 Å². The fourth-order valence-electron chi connectivity index (χ4n) is 2.11. The van der Waals surface area contributed by atoms with Gasteiger partial charge in [0, 0.05) is 17.5 Å². The molecule has 110 valence electrons. The van der Waals surface area contributed by atoms with Crippen molar-refractivity contribution in [3.8, 4) is 11.3 Å². The molecule has 0 amide bonds. The maximum Gasteiger partial charge on any atom is 0.303 e. The molecule has 3 N–H and O–H groups in total. The maximum atomic E-state index is 10.6. The van der Waals surface area contributed by atoms with Gasteiger partial charge in [-0.2, -0.15) is 0 Å². The smallest absolute Gasteiger partial charge is 0.303 e. The molecule has 2 rings (SSSR count). The Morgan fingerprint density at radius 3 is 2.57 bits per heavy atom. The summed E-state index contributed by atoms with van der Waals surface area (Å²) in [5.41, 5.74) is 10.0. The second kappa shape index (κ2) is 6.35. The number of aliphatic carboxylic acids is 1. The first-order valence-corrected chi connectivity index (χ1v) is 6.93. The molecule has 21 heavy (non-hydrogen) atoms. The van der Waals surface area contributed by atoms with Crippen molar-refractivity contribution >= 4 is 11.8 Å². The molecule has 0 unspecified atom stereocenters. The van der Waals surface area contributed by atoms with Crippen molar-refractivity contribution in [2.24, 2.45) is 0 Å². The SMILES string of the molecule is Cc1ccc(-c2cc(C)c(N)[n+](CCCC(=O)O)n2)cc1. The van der Waals surface area contributed by atoms with Crippen LogP contribution in [0.5, 0.6) is 0 Å². The molecule has 1 heterocycles. The van der Waals surface area contributed by atoms with Crippen molar-refractivity contribution in [2.75, 3.05) is 5.73 Å². The molecule has 0 aliphatic heterocycles. The summed E-state index contributed by atoms with van der Waals surface area (Å²) in [6.07, 6.45) is 0.621. The number of carboxylic acids is 1. The number of anilines is 1. The lowest BCUT2D eigenvalue weighted by atomic mass is 10.1. The molecule has 0 saturated carbocycles. The van der Waals surface area contributed by atoms with Crippen LogP contribution in [0.25, 0.3) is 11.3 Å². The van der Waals surface area contributed by atoms with Crippen LogP contribution in [0.3, 0.4) is 0 Å². The number of rotatable bonds is 5. The van der Waals surface area contributed by atoms with Gasteiger partial charge >= 0.3 is 5.97 Å². The van der Waals surface area contributed by atoms with Gasteiger partial charge in [-0.15, -0.1) is 4.68 Å². The molecule has 1 aromatic heterocycles. The van der Waals surface area contributed by atoms with E-state index in [4.69, 9.17) is 10.8 Å². The van der Waals surface area contributed by atoms with Crippen LogP contribution in [-0.4, -0.2) is 16.2 Å². The van der Waals surface area contributed by atoms with Crippen molar-refractivity contribution in [1.29, 1.82) is 0 Å². The topological polar surface area (TPSA) is 80.1 Å². The molecule has 0 saturated heterocycles. The molecule has 0 aliphatic carbocycles. The minimum atomic E-state index is -0.805. The highest BCUT2D eigenvalue weighted by Crippen LogP contribution is 2.19. The molecule has 0 radical (unpaired) electrons. The number of carbonyl (C=O) groups is 1. The van der Waals surface area contributed by atoms with Crippen molar-refractivity contribution in [1.82, 2.24) is 5.10 Å². The van der Waals surface area contributed by atoms with Gasteiger partial charge < -0.3 is 5.11 Å². The van der Waals surface area contributed by atoms with Gasteiger partial charge in [0.05, 0.1) is 0 Å². The molecule has 5 nitrogen and oxygen atoms in total. The van der Waals surface area contributed by atoms with E-state index in [9.17, 15) is 4.79 Å². The van der Waals surface area contributed by atoms with E-state index in [1.165, 1.54) is 5.56 Å². The number of hydrogen-bond acceptors (Lipinski definition) is 3. The standard InChI is InChI=1S/C16H19N3O2/c1-11-5-7-13(8-6-11)14-10-12(2)16(17)19(18-14)9-3-4-15(20)21/h5-8,10,17H,3-4,9H2,1-2H3,(H,20,21)/p+1. The number of nitrogens with two attached hydrogens (primary N) is 1. The lowest BCUT2D eigenvalue weighted by molar-refractivity contribution is -0.740. The lowest BCUT2D eigenvalue weighted by Crippen LogP contribution is -2.42. The predicted molar refractivity (Wildman–Crippen MR) is 80.6 cm³/mol. The molecule has 0 spiro atoms. The molecule has 0 bridgehead atoms. The Kier molecular flexibility index (Phi) is 4.52. The van der Waals surface area contributed by atoms with Crippen LogP contribution in [0.2, 0.25) is 0 Å². The Bertz CT molecular complexity index is 651. The monoisotopic (exact) mass is 286 g/mol. The van der Waals surface area contributed by atoms with Gasteiger partial charge in [0.2, 0.25) is 0 Å². The van der Waals surface area contributed by atoms with Crippen LogP contribution < -0.4 is 10.4 Å². The largest absolute Gasteiger partial charge is 0.481 e. The molecule has 1 aromatic carbocycles. The minimum Gasteiger partial charge on any atom is -0.481 e. The van der Waals surface area contributed by atoms with Gasteiger partial charge in [-0.05, 0) is 26.3 Å². The van der Waals surface area contributed by atoms with Crippen molar-refractivity contribution in [3.63, 3.8) is 0 Å². The van der Waals surface area contributed by atoms with E-state index in [0.717, 1.165) is 16.8 Å². The number of carboxylic acid groups (broad SMARTS) is 1. The van der Waals surface area contributed by atoms with Crippen LogP contribution in [0.15, 0.2) is 30.3 Å². The number of hydrogen-bond donors (Lipinski definition) is 2. The maximum absolute atomic E-state index is 10.6. The third-order valence-corrected chi connectivity index (χ3v) is 3.37. The normalized spacial score (nSPS) is 10.6. The van der Waals surface area contributed by atoms with Crippen LogP contribution in [0.1, 0.15) is 24.0 Å². The third kappa shape index (κ3) is 3.78. The summed E-state index contributed by atoms with van der Waals surface area (Å²) in [5.74, 6) is -0.225. The van der Waals surface area contributed by atoms with Gasteiger partial charge in [-0.25, -0.2) is 0 Å². The second-order valence-corrected chi connectivity index (χ2v) is 5.18. The molecule has 0 fully saturated rings. The number of aromatic nitrogens is 2. The van der Waals surface area contributed by atoms with Gasteiger partial charge in [0.25, 0.3) is 5.82 Å². The van der Waals surface area contributed by atoms with Crippen molar-refractivity contribution in [2.45, 2.75) is 33.2 Å².